The molecular formula is C29H26N6O2. The molecule has 3 aromatic heterocycles. The van der Waals surface area contributed by atoms with Crippen molar-refractivity contribution in [3.8, 4) is 11.8 Å². The van der Waals surface area contributed by atoms with Crippen LogP contribution in [0.2, 0.25) is 0 Å². The van der Waals surface area contributed by atoms with Crippen molar-refractivity contribution >= 4 is 39.3 Å². The van der Waals surface area contributed by atoms with Gasteiger partial charge in [0.15, 0.2) is 0 Å². The number of benzene rings is 2. The summed E-state index contributed by atoms with van der Waals surface area (Å²) in [6, 6.07) is 15.5. The number of aromatic amines is 1. The minimum absolute atomic E-state index is 0.191. The van der Waals surface area contributed by atoms with Gasteiger partial charge < -0.3 is 25.3 Å². The van der Waals surface area contributed by atoms with Gasteiger partial charge in [0.25, 0.3) is 5.91 Å². The van der Waals surface area contributed by atoms with E-state index in [0.717, 1.165) is 34.9 Å². The van der Waals surface area contributed by atoms with E-state index in [-0.39, 0.29) is 17.3 Å². The molecule has 1 fully saturated rings. The minimum atomic E-state index is -0.308. The lowest BCUT2D eigenvalue weighted by atomic mass is 10.1. The van der Waals surface area contributed by atoms with Crippen LogP contribution in [0.25, 0.3) is 21.9 Å². The van der Waals surface area contributed by atoms with Crippen LogP contribution in [0.5, 0.6) is 0 Å². The molecular weight excluding hydrogens is 464 g/mol. The lowest BCUT2D eigenvalue weighted by molar-refractivity contribution is 0.102. The van der Waals surface area contributed by atoms with Gasteiger partial charge in [-0.3, -0.25) is 4.79 Å². The molecule has 6 rings (SSSR count). The summed E-state index contributed by atoms with van der Waals surface area (Å²) in [6.07, 6.45) is 5.25. The number of carbonyl (C=O) groups is 1. The Morgan fingerprint density at radius 3 is 2.70 bits per heavy atom. The predicted octanol–water partition coefficient (Wildman–Crippen LogP) is 4.80. The van der Waals surface area contributed by atoms with Gasteiger partial charge in [-0.25, -0.2) is 9.97 Å². The number of hydrogen-bond acceptors (Lipinski definition) is 5. The van der Waals surface area contributed by atoms with E-state index >= 15 is 0 Å². The van der Waals surface area contributed by atoms with Crippen molar-refractivity contribution in [2.75, 3.05) is 18.2 Å². The van der Waals surface area contributed by atoms with E-state index in [1.807, 2.05) is 54.7 Å². The Bertz CT molecular complexity index is 1710. The van der Waals surface area contributed by atoms with Gasteiger partial charge in [0.1, 0.15) is 23.5 Å². The van der Waals surface area contributed by atoms with Crippen molar-refractivity contribution in [1.29, 1.82) is 0 Å². The summed E-state index contributed by atoms with van der Waals surface area (Å²) in [5.74, 6) is 6.57. The number of methoxy groups -OCH3 is 1. The number of nitrogens with zero attached hydrogens (tertiary/aromatic N) is 3. The van der Waals surface area contributed by atoms with E-state index in [0.29, 0.717) is 34.6 Å². The molecule has 5 aromatic rings. The minimum Gasteiger partial charge on any atom is -0.383 e. The highest BCUT2D eigenvalue weighted by molar-refractivity contribution is 6.16. The van der Waals surface area contributed by atoms with Crippen molar-refractivity contribution in [1.82, 2.24) is 19.5 Å². The summed E-state index contributed by atoms with van der Waals surface area (Å²) in [5, 5.41) is 4.56. The first-order chi connectivity index (χ1) is 18.0. The average molecular weight is 491 g/mol. The van der Waals surface area contributed by atoms with Crippen LogP contribution in [-0.2, 0) is 16.9 Å². The van der Waals surface area contributed by atoms with Crippen LogP contribution < -0.4 is 11.1 Å². The standard InChI is InChI=1S/C29H26N6O2/c1-29(13-14-29)35-23(12-9-19-15-31-22-6-4-3-5-21(19)22)24(25-26(30)32-17-33-27(25)35)28(36)34-20-10-7-18(8-11-20)16-37-2/h3-8,10-11,15,17,31H,13-14,16H2,1-2H3,(H,34,36)(H2,30,32,33). The summed E-state index contributed by atoms with van der Waals surface area (Å²) in [5.41, 5.74) is 11.3. The number of H-pyrrole nitrogens is 1. The van der Waals surface area contributed by atoms with E-state index in [9.17, 15) is 4.79 Å². The maximum absolute atomic E-state index is 13.8. The van der Waals surface area contributed by atoms with Crippen LogP contribution in [-0.4, -0.2) is 32.5 Å². The summed E-state index contributed by atoms with van der Waals surface area (Å²) in [4.78, 5) is 25.8. The number of carbonyl (C=O) groups excluding carboxylic acids is 1. The van der Waals surface area contributed by atoms with Gasteiger partial charge in [0.2, 0.25) is 0 Å². The second-order valence-electron chi connectivity index (χ2n) is 9.60. The number of nitrogen functional groups attached to an aromatic ring is 1. The predicted molar refractivity (Wildman–Crippen MR) is 144 cm³/mol. The Kier molecular flexibility index (Phi) is 5.43. The molecule has 0 atom stereocenters. The molecule has 1 aliphatic carbocycles. The molecule has 0 aliphatic heterocycles. The molecule has 8 heteroatoms. The van der Waals surface area contributed by atoms with Crippen molar-refractivity contribution in [2.24, 2.45) is 0 Å². The molecule has 3 heterocycles. The molecule has 0 bridgehead atoms. The van der Waals surface area contributed by atoms with Crippen LogP contribution >= 0.6 is 0 Å². The van der Waals surface area contributed by atoms with Gasteiger partial charge in [-0.15, -0.1) is 0 Å². The normalized spacial score (nSPS) is 13.9. The van der Waals surface area contributed by atoms with Gasteiger partial charge in [0, 0.05) is 35.4 Å². The fourth-order valence-electron chi connectivity index (χ4n) is 4.75. The Morgan fingerprint density at radius 1 is 1.16 bits per heavy atom. The topological polar surface area (TPSA) is 111 Å². The van der Waals surface area contributed by atoms with Crippen molar-refractivity contribution in [2.45, 2.75) is 31.9 Å². The van der Waals surface area contributed by atoms with Crippen LogP contribution in [0.1, 0.15) is 46.9 Å². The summed E-state index contributed by atoms with van der Waals surface area (Å²) < 4.78 is 7.25. The second kappa shape index (κ2) is 8.80. The highest BCUT2D eigenvalue weighted by Crippen LogP contribution is 2.47. The molecule has 8 nitrogen and oxygen atoms in total. The van der Waals surface area contributed by atoms with Gasteiger partial charge in [0.05, 0.1) is 23.1 Å². The van der Waals surface area contributed by atoms with Gasteiger partial charge in [-0.05, 0) is 49.4 Å². The zero-order valence-corrected chi connectivity index (χ0v) is 20.6. The third-order valence-electron chi connectivity index (χ3n) is 6.95. The Labute approximate surface area is 213 Å². The Hall–Kier alpha value is -4.61. The van der Waals surface area contributed by atoms with Gasteiger partial charge in [-0.1, -0.05) is 36.3 Å². The number of nitrogens with one attached hydrogen (secondary N) is 2. The SMILES string of the molecule is COCc1ccc(NC(=O)c2c(C#Cc3c[nH]c4ccccc34)n(C3(C)CC3)c3ncnc(N)c23)cc1. The second-order valence-corrected chi connectivity index (χ2v) is 9.60. The third-order valence-corrected chi connectivity index (χ3v) is 6.95. The Balaban J connectivity index is 1.51. The fourth-order valence-corrected chi connectivity index (χ4v) is 4.75. The van der Waals surface area contributed by atoms with Crippen LogP contribution in [0.4, 0.5) is 11.5 Å². The van der Waals surface area contributed by atoms with E-state index < -0.39 is 0 Å². The number of ether oxygens (including phenoxy) is 1. The van der Waals surface area contributed by atoms with Crippen LogP contribution in [0.3, 0.4) is 0 Å². The highest BCUT2D eigenvalue weighted by Gasteiger charge is 2.44. The summed E-state index contributed by atoms with van der Waals surface area (Å²) >= 11 is 0. The first-order valence-corrected chi connectivity index (χ1v) is 12.1. The van der Waals surface area contributed by atoms with E-state index in [2.05, 4.69) is 43.6 Å². The molecule has 0 radical (unpaired) electrons. The zero-order chi connectivity index (χ0) is 25.6. The molecule has 0 unspecified atom stereocenters. The van der Waals surface area contributed by atoms with Gasteiger partial charge in [-0.2, -0.15) is 0 Å². The molecule has 37 heavy (non-hydrogen) atoms. The lowest BCUT2D eigenvalue weighted by Crippen LogP contribution is -2.18. The van der Waals surface area contributed by atoms with Crippen molar-refractivity contribution in [3.05, 3.63) is 83.4 Å². The Morgan fingerprint density at radius 2 is 1.95 bits per heavy atom. The number of para-hydroxylation sites is 1. The maximum Gasteiger partial charge on any atom is 0.259 e. The molecule has 2 aromatic carbocycles. The fraction of sp³-hybridized carbons (Fsp3) is 0.207. The van der Waals surface area contributed by atoms with Gasteiger partial charge >= 0.3 is 0 Å². The number of aromatic nitrogens is 4. The molecule has 1 saturated carbocycles. The zero-order valence-electron chi connectivity index (χ0n) is 20.6. The molecule has 0 saturated heterocycles. The third kappa shape index (κ3) is 3.99. The van der Waals surface area contributed by atoms with E-state index in [1.54, 1.807) is 7.11 Å². The summed E-state index contributed by atoms with van der Waals surface area (Å²) in [6.45, 7) is 2.65. The average Bonchev–Trinajstić information content (AvgIpc) is 3.35. The number of amides is 1. The number of fused-ring (bicyclic) bond motifs is 2. The maximum atomic E-state index is 13.8. The molecule has 4 N–H and O–H groups in total. The molecule has 0 spiro atoms. The molecule has 184 valence electrons. The first kappa shape index (κ1) is 22.8. The monoisotopic (exact) mass is 490 g/mol. The number of nitrogens with two attached hydrogens (primary N) is 1. The first-order valence-electron chi connectivity index (χ1n) is 12.1. The van der Waals surface area contributed by atoms with Crippen molar-refractivity contribution < 1.29 is 9.53 Å². The quantitative estimate of drug-likeness (QED) is 0.307. The largest absolute Gasteiger partial charge is 0.383 e. The lowest BCUT2D eigenvalue weighted by Gasteiger charge is -2.14. The summed E-state index contributed by atoms with van der Waals surface area (Å²) in [7, 11) is 1.65. The van der Waals surface area contributed by atoms with E-state index in [4.69, 9.17) is 10.5 Å². The van der Waals surface area contributed by atoms with Crippen LogP contribution in [0, 0.1) is 11.8 Å². The van der Waals surface area contributed by atoms with E-state index in [1.165, 1.54) is 6.33 Å². The number of rotatable bonds is 5. The number of anilines is 2. The van der Waals surface area contributed by atoms with Crippen LogP contribution in [0.15, 0.2) is 61.1 Å². The highest BCUT2D eigenvalue weighted by atomic mass is 16.5. The molecule has 1 aliphatic rings. The smallest absolute Gasteiger partial charge is 0.259 e. The number of hydrogen-bond donors (Lipinski definition) is 3. The molecule has 1 amide bonds. The van der Waals surface area contributed by atoms with Crippen molar-refractivity contribution in [3.63, 3.8) is 0 Å².